The van der Waals surface area contributed by atoms with E-state index in [1.54, 1.807) is 17.2 Å². The number of piperidine rings is 1. The second-order valence-electron chi connectivity index (χ2n) is 6.24. The highest BCUT2D eigenvalue weighted by Gasteiger charge is 2.30. The highest BCUT2D eigenvalue weighted by atomic mass is 16.2. The molecule has 1 aliphatic heterocycles. The predicted molar refractivity (Wildman–Crippen MR) is 93.5 cm³/mol. The molecule has 2 aromatic rings. The number of nitrogens with two attached hydrogens (primary N) is 1. The molecule has 0 radical (unpaired) electrons. The number of carbonyl (C=O) groups excluding carboxylic acids is 2. The van der Waals surface area contributed by atoms with E-state index in [0.717, 1.165) is 18.5 Å². The smallest absolute Gasteiger partial charge is 0.246 e. The number of hydrogen-bond donors (Lipinski definition) is 1. The topological polar surface area (TPSA) is 94.1 Å². The van der Waals surface area contributed by atoms with Crippen molar-refractivity contribution in [2.24, 2.45) is 11.7 Å². The molecule has 2 atom stereocenters. The Bertz CT molecular complexity index is 784. The summed E-state index contributed by atoms with van der Waals surface area (Å²) in [7, 11) is 0. The molecular formula is C18H21N5O2. The van der Waals surface area contributed by atoms with Crippen LogP contribution < -0.4 is 5.73 Å². The van der Waals surface area contributed by atoms with Crippen LogP contribution in [0.1, 0.15) is 25.5 Å². The van der Waals surface area contributed by atoms with Crippen LogP contribution in [0.25, 0.3) is 11.8 Å². The maximum Gasteiger partial charge on any atom is 0.246 e. The molecule has 0 aliphatic carbocycles. The van der Waals surface area contributed by atoms with Gasteiger partial charge in [0.15, 0.2) is 0 Å². The first-order valence-corrected chi connectivity index (χ1v) is 8.30. The van der Waals surface area contributed by atoms with E-state index in [2.05, 4.69) is 10.2 Å². The van der Waals surface area contributed by atoms with Gasteiger partial charge in [-0.15, -0.1) is 5.10 Å². The average Bonchev–Trinajstić information content (AvgIpc) is 3.09. The predicted octanol–water partition coefficient (Wildman–Crippen LogP) is 1.39. The fourth-order valence-corrected chi connectivity index (χ4v) is 2.94. The Morgan fingerprint density at radius 2 is 2.00 bits per heavy atom. The third-order valence-electron chi connectivity index (χ3n) is 4.46. The molecule has 0 spiro atoms. The first-order chi connectivity index (χ1) is 12.0. The van der Waals surface area contributed by atoms with E-state index in [-0.39, 0.29) is 23.8 Å². The summed E-state index contributed by atoms with van der Waals surface area (Å²) in [6.45, 7) is 2.35. The number of rotatable bonds is 4. The van der Waals surface area contributed by atoms with Gasteiger partial charge >= 0.3 is 0 Å². The minimum absolute atomic E-state index is 0.0905. The van der Waals surface area contributed by atoms with Gasteiger partial charge in [0.05, 0.1) is 17.8 Å². The van der Waals surface area contributed by atoms with Crippen molar-refractivity contribution in [3.63, 3.8) is 0 Å². The molecule has 2 unspecified atom stereocenters. The van der Waals surface area contributed by atoms with E-state index in [1.807, 2.05) is 37.3 Å². The lowest BCUT2D eigenvalue weighted by Gasteiger charge is -2.36. The Morgan fingerprint density at radius 1 is 1.24 bits per heavy atom. The molecule has 7 heteroatoms. The summed E-state index contributed by atoms with van der Waals surface area (Å²) >= 11 is 0. The van der Waals surface area contributed by atoms with E-state index in [9.17, 15) is 9.59 Å². The highest BCUT2D eigenvalue weighted by Crippen LogP contribution is 2.22. The molecule has 0 bridgehead atoms. The summed E-state index contributed by atoms with van der Waals surface area (Å²) in [6, 6.07) is 9.63. The van der Waals surface area contributed by atoms with Gasteiger partial charge in [-0.1, -0.05) is 18.2 Å². The van der Waals surface area contributed by atoms with Crippen molar-refractivity contribution in [2.45, 2.75) is 25.8 Å². The molecular weight excluding hydrogens is 318 g/mol. The lowest BCUT2D eigenvalue weighted by atomic mass is 9.93. The second-order valence-corrected chi connectivity index (χ2v) is 6.24. The number of benzene rings is 1. The number of nitrogens with zero attached hydrogens (tertiary/aromatic N) is 4. The molecule has 1 saturated heterocycles. The number of para-hydroxylation sites is 1. The molecule has 2 N–H and O–H groups in total. The lowest BCUT2D eigenvalue weighted by Crippen LogP contribution is -2.48. The first kappa shape index (κ1) is 16.9. The van der Waals surface area contributed by atoms with Crippen LogP contribution in [-0.4, -0.2) is 44.3 Å². The van der Waals surface area contributed by atoms with Crippen LogP contribution in [0.15, 0.2) is 42.6 Å². The van der Waals surface area contributed by atoms with Crippen LogP contribution in [0, 0.1) is 5.92 Å². The summed E-state index contributed by atoms with van der Waals surface area (Å²) in [4.78, 5) is 27.1. The zero-order chi connectivity index (χ0) is 17.8. The summed E-state index contributed by atoms with van der Waals surface area (Å²) in [5.41, 5.74) is 6.82. The van der Waals surface area contributed by atoms with Gasteiger partial charge in [0.25, 0.3) is 0 Å². The Hall–Kier alpha value is -2.96. The van der Waals surface area contributed by atoms with E-state index >= 15 is 0 Å². The molecule has 0 saturated carbocycles. The Labute approximate surface area is 146 Å². The SMILES string of the molecule is CC1CCC(C(N)=O)CN1C(=O)/C=C/c1cnn(-c2ccccc2)n1. The van der Waals surface area contributed by atoms with Gasteiger partial charge in [0.2, 0.25) is 11.8 Å². The van der Waals surface area contributed by atoms with Crippen LogP contribution in [0.4, 0.5) is 0 Å². The van der Waals surface area contributed by atoms with E-state index in [0.29, 0.717) is 12.2 Å². The van der Waals surface area contributed by atoms with Crippen LogP contribution in [0.2, 0.25) is 0 Å². The third-order valence-corrected chi connectivity index (χ3v) is 4.46. The normalized spacial score (nSPS) is 20.8. The van der Waals surface area contributed by atoms with Crippen molar-refractivity contribution in [3.05, 3.63) is 48.3 Å². The van der Waals surface area contributed by atoms with Gasteiger partial charge in [-0.3, -0.25) is 9.59 Å². The zero-order valence-electron chi connectivity index (χ0n) is 14.1. The maximum atomic E-state index is 12.5. The van der Waals surface area contributed by atoms with Crippen molar-refractivity contribution in [3.8, 4) is 5.69 Å². The summed E-state index contributed by atoms with van der Waals surface area (Å²) in [5.74, 6) is -0.764. The van der Waals surface area contributed by atoms with Crippen molar-refractivity contribution < 1.29 is 9.59 Å². The fourth-order valence-electron chi connectivity index (χ4n) is 2.94. The quantitative estimate of drug-likeness (QED) is 0.852. The summed E-state index contributed by atoms with van der Waals surface area (Å²) in [6.07, 6.45) is 6.21. The van der Waals surface area contributed by atoms with Gasteiger partial charge in [-0.2, -0.15) is 9.90 Å². The number of aromatic nitrogens is 3. The van der Waals surface area contributed by atoms with Crippen LogP contribution >= 0.6 is 0 Å². The highest BCUT2D eigenvalue weighted by molar-refractivity contribution is 5.92. The van der Waals surface area contributed by atoms with E-state index < -0.39 is 0 Å². The third kappa shape index (κ3) is 3.93. The Kier molecular flexibility index (Phi) is 4.92. The molecule has 130 valence electrons. The van der Waals surface area contributed by atoms with Gasteiger partial charge in [-0.25, -0.2) is 0 Å². The van der Waals surface area contributed by atoms with Crippen molar-refractivity contribution >= 4 is 17.9 Å². The number of carbonyl (C=O) groups is 2. The monoisotopic (exact) mass is 339 g/mol. The number of likely N-dealkylation sites (tertiary alicyclic amines) is 1. The number of hydrogen-bond acceptors (Lipinski definition) is 4. The van der Waals surface area contributed by atoms with E-state index in [4.69, 9.17) is 5.73 Å². The van der Waals surface area contributed by atoms with Crippen molar-refractivity contribution in [1.82, 2.24) is 19.9 Å². The van der Waals surface area contributed by atoms with Crippen molar-refractivity contribution in [1.29, 1.82) is 0 Å². The number of amides is 2. The van der Waals surface area contributed by atoms with Gasteiger partial charge in [-0.05, 0) is 38.0 Å². The summed E-state index contributed by atoms with van der Waals surface area (Å²) in [5, 5.41) is 8.53. The lowest BCUT2D eigenvalue weighted by molar-refractivity contribution is -0.133. The van der Waals surface area contributed by atoms with Crippen LogP contribution in [-0.2, 0) is 9.59 Å². The van der Waals surface area contributed by atoms with Crippen LogP contribution in [0.3, 0.4) is 0 Å². The standard InChI is InChI=1S/C18H21N5O2/c1-13-7-8-14(18(19)25)12-22(13)17(24)10-9-15-11-20-23(21-15)16-5-3-2-4-6-16/h2-6,9-11,13-14H,7-8,12H2,1H3,(H2,19,25)/b10-9+. The average molecular weight is 339 g/mol. The van der Waals surface area contributed by atoms with Crippen molar-refractivity contribution in [2.75, 3.05) is 6.54 Å². The molecule has 3 rings (SSSR count). The number of primary amides is 1. The minimum atomic E-state index is -0.348. The molecule has 25 heavy (non-hydrogen) atoms. The molecule has 1 aromatic heterocycles. The largest absolute Gasteiger partial charge is 0.369 e. The maximum absolute atomic E-state index is 12.5. The van der Waals surface area contributed by atoms with Gasteiger partial charge in [0, 0.05) is 18.7 Å². The molecule has 1 aliphatic rings. The molecule has 2 amide bonds. The summed E-state index contributed by atoms with van der Waals surface area (Å²) < 4.78 is 0. The zero-order valence-corrected chi connectivity index (χ0v) is 14.1. The van der Waals surface area contributed by atoms with Gasteiger partial charge in [0.1, 0.15) is 5.69 Å². The van der Waals surface area contributed by atoms with Gasteiger partial charge < -0.3 is 10.6 Å². The van der Waals surface area contributed by atoms with Crippen LogP contribution in [0.5, 0.6) is 0 Å². The molecule has 1 aromatic carbocycles. The molecule has 7 nitrogen and oxygen atoms in total. The molecule has 1 fully saturated rings. The Morgan fingerprint density at radius 3 is 2.72 bits per heavy atom. The minimum Gasteiger partial charge on any atom is -0.369 e. The fraction of sp³-hybridized carbons (Fsp3) is 0.333. The molecule has 2 heterocycles. The first-order valence-electron chi connectivity index (χ1n) is 8.30. The Balaban J connectivity index is 1.68. The van der Waals surface area contributed by atoms with E-state index in [1.165, 1.54) is 10.9 Å². The second kappa shape index (κ2) is 7.29.